The van der Waals surface area contributed by atoms with Gasteiger partial charge in [-0.1, -0.05) is 172 Å². The molecule has 2 nitrogen and oxygen atoms in total. The molecule has 61 heavy (non-hydrogen) atoms. The van der Waals surface area contributed by atoms with Crippen molar-refractivity contribution in [1.29, 1.82) is 0 Å². The van der Waals surface area contributed by atoms with E-state index >= 15 is 0 Å². The summed E-state index contributed by atoms with van der Waals surface area (Å²) in [5.74, 6) is 0. The number of nitrogens with zero attached hydrogens (tertiary/aromatic N) is 1. The van der Waals surface area contributed by atoms with Gasteiger partial charge in [0.1, 0.15) is 11.2 Å². The van der Waals surface area contributed by atoms with Gasteiger partial charge in [-0.3, -0.25) is 0 Å². The molecule has 11 aromatic rings. The maximum Gasteiger partial charge on any atom is 0.136 e. The van der Waals surface area contributed by atoms with Crippen LogP contribution in [0.5, 0.6) is 0 Å². The SMILES string of the molecule is CC1(C)c2ccccc2-c2ccc(N(c3cc(-c4ccccc4)cc(-c4ccccc4)c3)c3ccc4oc5ccccc5c4c3-c3ccc4c(ccc5ccccc54)c3)cc21. The number of benzene rings is 10. The van der Waals surface area contributed by atoms with Gasteiger partial charge in [-0.25, -0.2) is 0 Å². The number of hydrogen-bond acceptors (Lipinski definition) is 2. The average molecular weight is 780 g/mol. The van der Waals surface area contributed by atoms with Crippen molar-refractivity contribution in [1.82, 2.24) is 0 Å². The molecule has 0 unspecified atom stereocenters. The Hall–Kier alpha value is -7.68. The molecule has 12 rings (SSSR count). The first kappa shape index (κ1) is 35.3. The second-order valence-corrected chi connectivity index (χ2v) is 16.9. The fourth-order valence-electron chi connectivity index (χ4n) is 10.0. The Morgan fingerprint density at radius 2 is 1.02 bits per heavy atom. The number of hydrogen-bond donors (Lipinski definition) is 0. The van der Waals surface area contributed by atoms with Crippen molar-refractivity contribution in [3.8, 4) is 44.5 Å². The molecular formula is C59H41NO. The zero-order chi connectivity index (χ0) is 40.7. The molecule has 1 heterocycles. The van der Waals surface area contributed by atoms with E-state index in [9.17, 15) is 0 Å². The van der Waals surface area contributed by atoms with Crippen molar-refractivity contribution in [3.05, 3.63) is 223 Å². The molecule has 10 aromatic carbocycles. The summed E-state index contributed by atoms with van der Waals surface area (Å²) in [6.07, 6.45) is 0. The van der Waals surface area contributed by atoms with Gasteiger partial charge in [0.05, 0.1) is 5.69 Å². The summed E-state index contributed by atoms with van der Waals surface area (Å²) >= 11 is 0. The maximum absolute atomic E-state index is 6.66. The van der Waals surface area contributed by atoms with E-state index in [1.165, 1.54) is 54.9 Å². The standard InChI is InChI=1S/C59H41NO/c1-59(2)52-23-13-11-21-49(52)50-30-28-45(37-53(50)59)60(46-35-43(38-15-5-3-6-16-38)34-44(36-46)39-17-7-4-8-18-39)54-31-32-56-58(51-22-12-14-24-55(51)61-56)57(54)42-27-29-48-41(33-42)26-25-40-19-9-10-20-47(40)48/h3-37H,1-2H3. The van der Waals surface area contributed by atoms with Crippen LogP contribution in [0.4, 0.5) is 17.1 Å². The van der Waals surface area contributed by atoms with E-state index in [4.69, 9.17) is 4.42 Å². The quantitative estimate of drug-likeness (QED) is 0.156. The van der Waals surface area contributed by atoms with Crippen molar-refractivity contribution < 1.29 is 4.42 Å². The summed E-state index contributed by atoms with van der Waals surface area (Å²) in [5.41, 5.74) is 17.1. The van der Waals surface area contributed by atoms with Crippen LogP contribution in [-0.2, 0) is 5.41 Å². The minimum Gasteiger partial charge on any atom is -0.456 e. The summed E-state index contributed by atoms with van der Waals surface area (Å²) in [6.45, 7) is 4.73. The summed E-state index contributed by atoms with van der Waals surface area (Å²) in [5, 5.41) is 7.15. The molecule has 0 bridgehead atoms. The smallest absolute Gasteiger partial charge is 0.136 e. The Bertz CT molecular complexity index is 3450. The van der Waals surface area contributed by atoms with Crippen LogP contribution in [0, 0.1) is 0 Å². The number of fused-ring (bicyclic) bond motifs is 9. The minimum absolute atomic E-state index is 0.177. The van der Waals surface area contributed by atoms with Gasteiger partial charge < -0.3 is 9.32 Å². The highest BCUT2D eigenvalue weighted by Crippen LogP contribution is 2.53. The minimum atomic E-state index is -0.177. The summed E-state index contributed by atoms with van der Waals surface area (Å²) < 4.78 is 6.66. The topological polar surface area (TPSA) is 16.4 Å². The van der Waals surface area contributed by atoms with Crippen molar-refractivity contribution in [2.24, 2.45) is 0 Å². The first-order valence-corrected chi connectivity index (χ1v) is 21.2. The van der Waals surface area contributed by atoms with E-state index in [-0.39, 0.29) is 5.41 Å². The van der Waals surface area contributed by atoms with Gasteiger partial charge >= 0.3 is 0 Å². The molecule has 1 aliphatic rings. The molecule has 0 fully saturated rings. The molecule has 1 aliphatic carbocycles. The number of para-hydroxylation sites is 1. The summed E-state index contributed by atoms with van der Waals surface area (Å²) in [4.78, 5) is 2.50. The molecule has 0 spiro atoms. The van der Waals surface area contributed by atoms with E-state index < -0.39 is 0 Å². The van der Waals surface area contributed by atoms with Gasteiger partial charge in [0.15, 0.2) is 0 Å². The second kappa shape index (κ2) is 13.7. The number of anilines is 3. The first-order valence-electron chi connectivity index (χ1n) is 21.2. The van der Waals surface area contributed by atoms with Crippen LogP contribution in [0.1, 0.15) is 25.0 Å². The third kappa shape index (κ3) is 5.64. The molecule has 0 saturated carbocycles. The third-order valence-electron chi connectivity index (χ3n) is 13.0. The third-order valence-corrected chi connectivity index (χ3v) is 13.0. The Labute approximate surface area is 355 Å². The normalized spacial score (nSPS) is 12.9. The monoisotopic (exact) mass is 779 g/mol. The van der Waals surface area contributed by atoms with E-state index in [0.717, 1.165) is 61.3 Å². The predicted molar refractivity (Wildman–Crippen MR) is 257 cm³/mol. The number of furan rings is 1. The Morgan fingerprint density at radius 1 is 0.377 bits per heavy atom. The fourth-order valence-corrected chi connectivity index (χ4v) is 10.0. The largest absolute Gasteiger partial charge is 0.456 e. The van der Waals surface area contributed by atoms with Gasteiger partial charge in [0, 0.05) is 33.1 Å². The highest BCUT2D eigenvalue weighted by atomic mass is 16.3. The molecule has 0 amide bonds. The van der Waals surface area contributed by atoms with Gasteiger partial charge in [-0.2, -0.15) is 0 Å². The fraction of sp³-hybridized carbons (Fsp3) is 0.0508. The molecule has 0 N–H and O–H groups in total. The Balaban J connectivity index is 1.19. The van der Waals surface area contributed by atoms with E-state index in [1.54, 1.807) is 0 Å². The molecule has 1 aromatic heterocycles. The van der Waals surface area contributed by atoms with Crippen LogP contribution in [0.15, 0.2) is 217 Å². The zero-order valence-corrected chi connectivity index (χ0v) is 34.1. The molecule has 0 atom stereocenters. The van der Waals surface area contributed by atoms with Crippen molar-refractivity contribution in [3.63, 3.8) is 0 Å². The lowest BCUT2D eigenvalue weighted by atomic mass is 9.82. The van der Waals surface area contributed by atoms with E-state index in [2.05, 4.69) is 231 Å². The average Bonchev–Trinajstić information content (AvgIpc) is 3.81. The van der Waals surface area contributed by atoms with Crippen LogP contribution in [-0.4, -0.2) is 0 Å². The van der Waals surface area contributed by atoms with Crippen LogP contribution in [0.25, 0.3) is 88.0 Å². The van der Waals surface area contributed by atoms with E-state index in [1.807, 2.05) is 0 Å². The van der Waals surface area contributed by atoms with E-state index in [0.29, 0.717) is 0 Å². The zero-order valence-electron chi connectivity index (χ0n) is 34.1. The van der Waals surface area contributed by atoms with Crippen molar-refractivity contribution in [2.45, 2.75) is 19.3 Å². The van der Waals surface area contributed by atoms with Crippen LogP contribution >= 0.6 is 0 Å². The number of rotatable bonds is 6. The highest BCUT2D eigenvalue weighted by molar-refractivity contribution is 6.18. The Morgan fingerprint density at radius 3 is 1.80 bits per heavy atom. The Kier molecular flexibility index (Phi) is 7.92. The van der Waals surface area contributed by atoms with Crippen molar-refractivity contribution >= 4 is 60.5 Å². The molecule has 0 aliphatic heterocycles. The second-order valence-electron chi connectivity index (χ2n) is 16.9. The van der Waals surface area contributed by atoms with Crippen LogP contribution < -0.4 is 4.90 Å². The van der Waals surface area contributed by atoms with Crippen LogP contribution in [0.3, 0.4) is 0 Å². The lowest BCUT2D eigenvalue weighted by Gasteiger charge is -2.31. The summed E-state index contributed by atoms with van der Waals surface area (Å²) in [6, 6.07) is 77.7. The highest BCUT2D eigenvalue weighted by Gasteiger charge is 2.36. The predicted octanol–water partition coefficient (Wildman–Crippen LogP) is 16.7. The first-order chi connectivity index (χ1) is 30.0. The lowest BCUT2D eigenvalue weighted by molar-refractivity contribution is 0.660. The maximum atomic E-state index is 6.66. The van der Waals surface area contributed by atoms with Crippen LogP contribution in [0.2, 0.25) is 0 Å². The summed E-state index contributed by atoms with van der Waals surface area (Å²) in [7, 11) is 0. The van der Waals surface area contributed by atoms with Crippen molar-refractivity contribution in [2.75, 3.05) is 4.90 Å². The molecular weight excluding hydrogens is 739 g/mol. The van der Waals surface area contributed by atoms with Gasteiger partial charge in [-0.05, 0) is 126 Å². The molecule has 288 valence electrons. The van der Waals surface area contributed by atoms with Gasteiger partial charge in [0.2, 0.25) is 0 Å². The lowest BCUT2D eigenvalue weighted by Crippen LogP contribution is -2.17. The molecule has 0 radical (unpaired) electrons. The van der Waals surface area contributed by atoms with Gasteiger partial charge in [0.25, 0.3) is 0 Å². The van der Waals surface area contributed by atoms with Gasteiger partial charge in [-0.15, -0.1) is 0 Å². The molecule has 0 saturated heterocycles. The molecule has 2 heteroatoms.